The smallest absolute Gasteiger partial charge is 0.325 e. The number of nitrogens with zero attached hydrogens (tertiary/aromatic N) is 3. The van der Waals surface area contributed by atoms with Crippen molar-refractivity contribution in [3.8, 4) is 6.01 Å². The Balaban J connectivity index is 2.67. The topological polar surface area (TPSA) is 124 Å². The summed E-state index contributed by atoms with van der Waals surface area (Å²) in [6.45, 7) is 4.44. The van der Waals surface area contributed by atoms with Crippen LogP contribution in [0.2, 0.25) is 0 Å². The lowest BCUT2D eigenvalue weighted by molar-refractivity contribution is -0.140. The van der Waals surface area contributed by atoms with Crippen molar-refractivity contribution in [1.82, 2.24) is 15.0 Å². The number of aromatic nitrogens is 3. The Bertz CT molecular complexity index is 414. The molecule has 106 valence electrons. The maximum Gasteiger partial charge on any atom is 0.325 e. The number of nitrogen functional groups attached to an aromatic ring is 1. The van der Waals surface area contributed by atoms with Crippen LogP contribution < -0.4 is 21.3 Å². The monoisotopic (exact) mass is 270 g/mol. The predicted molar refractivity (Wildman–Crippen MR) is 68.5 cm³/mol. The average Bonchev–Trinajstić information content (AvgIpc) is 2.43. The zero-order valence-electron chi connectivity index (χ0n) is 11.0. The van der Waals surface area contributed by atoms with Crippen LogP contribution in [0.1, 0.15) is 20.3 Å². The molecule has 19 heavy (non-hydrogen) atoms. The molecule has 0 saturated carbocycles. The van der Waals surface area contributed by atoms with E-state index in [1.165, 1.54) is 0 Å². The molecule has 9 heteroatoms. The Kier molecular flexibility index (Phi) is 6.30. The summed E-state index contributed by atoms with van der Waals surface area (Å²) in [6.07, 6.45) is 0.822. The molecule has 1 aromatic heterocycles. The summed E-state index contributed by atoms with van der Waals surface area (Å²) in [5.74, 6) is 5.17. The van der Waals surface area contributed by atoms with E-state index in [2.05, 4.69) is 25.7 Å². The molecule has 0 aliphatic carbocycles. The number of esters is 1. The van der Waals surface area contributed by atoms with Gasteiger partial charge >= 0.3 is 12.0 Å². The highest BCUT2D eigenvalue weighted by Crippen LogP contribution is 2.10. The summed E-state index contributed by atoms with van der Waals surface area (Å²) in [7, 11) is 0. The Morgan fingerprint density at radius 2 is 2.00 bits per heavy atom. The minimum absolute atomic E-state index is 0.0465. The van der Waals surface area contributed by atoms with E-state index in [0.717, 1.165) is 6.42 Å². The van der Waals surface area contributed by atoms with Crippen molar-refractivity contribution in [3.63, 3.8) is 0 Å². The second kappa shape index (κ2) is 8.03. The maximum absolute atomic E-state index is 11.2. The van der Waals surface area contributed by atoms with Crippen molar-refractivity contribution >= 4 is 17.9 Å². The predicted octanol–water partition coefficient (Wildman–Crippen LogP) is -0.0790. The lowest BCUT2D eigenvalue weighted by Gasteiger charge is -2.08. The van der Waals surface area contributed by atoms with E-state index < -0.39 is 5.97 Å². The third-order valence-corrected chi connectivity index (χ3v) is 1.88. The van der Waals surface area contributed by atoms with Gasteiger partial charge in [0.25, 0.3) is 0 Å². The van der Waals surface area contributed by atoms with Crippen LogP contribution in [0.15, 0.2) is 0 Å². The summed E-state index contributed by atoms with van der Waals surface area (Å²) in [4.78, 5) is 23.0. The quantitative estimate of drug-likeness (QED) is 0.338. The summed E-state index contributed by atoms with van der Waals surface area (Å²) in [5.41, 5.74) is 2.30. The lowest BCUT2D eigenvalue weighted by Crippen LogP contribution is -2.20. The van der Waals surface area contributed by atoms with Crippen molar-refractivity contribution in [1.29, 1.82) is 0 Å². The minimum atomic E-state index is -0.402. The first-order chi connectivity index (χ1) is 9.19. The molecule has 0 atom stereocenters. The van der Waals surface area contributed by atoms with Crippen LogP contribution in [0.5, 0.6) is 6.01 Å². The van der Waals surface area contributed by atoms with Gasteiger partial charge in [0, 0.05) is 0 Å². The minimum Gasteiger partial charge on any atom is -0.465 e. The van der Waals surface area contributed by atoms with Gasteiger partial charge in [-0.25, -0.2) is 5.84 Å². The Hall–Kier alpha value is -2.16. The third kappa shape index (κ3) is 5.34. The van der Waals surface area contributed by atoms with Gasteiger partial charge in [0.15, 0.2) is 0 Å². The molecule has 0 spiro atoms. The molecular formula is C10H18N6O3. The Labute approximate surface area is 110 Å². The SMILES string of the molecule is CCCOc1nc(NN)nc(NCC(=O)OCC)n1. The standard InChI is InChI=1S/C10H18N6O3/c1-3-5-19-10-14-8(13-9(15-10)16-11)12-6-7(17)18-4-2/h3-6,11H2,1-2H3,(H2,12,13,14,15,16). The van der Waals surface area contributed by atoms with E-state index in [1.54, 1.807) is 6.92 Å². The molecule has 0 aliphatic heterocycles. The summed E-state index contributed by atoms with van der Waals surface area (Å²) in [5, 5.41) is 2.71. The number of carbonyl (C=O) groups excluding carboxylic acids is 1. The molecule has 0 aliphatic rings. The van der Waals surface area contributed by atoms with E-state index >= 15 is 0 Å². The van der Waals surface area contributed by atoms with Gasteiger partial charge in [-0.05, 0) is 13.3 Å². The van der Waals surface area contributed by atoms with Crippen LogP contribution in [0.4, 0.5) is 11.9 Å². The summed E-state index contributed by atoms with van der Waals surface area (Å²) >= 11 is 0. The number of hydrazine groups is 1. The third-order valence-electron chi connectivity index (χ3n) is 1.88. The molecule has 0 unspecified atom stereocenters. The van der Waals surface area contributed by atoms with Crippen molar-refractivity contribution in [2.45, 2.75) is 20.3 Å². The zero-order valence-corrected chi connectivity index (χ0v) is 11.0. The molecule has 0 fully saturated rings. The molecule has 0 radical (unpaired) electrons. The van der Waals surface area contributed by atoms with Crippen LogP contribution >= 0.6 is 0 Å². The zero-order chi connectivity index (χ0) is 14.1. The number of nitrogens with two attached hydrogens (primary N) is 1. The molecule has 1 heterocycles. The second-order valence-electron chi connectivity index (χ2n) is 3.42. The van der Waals surface area contributed by atoms with Crippen LogP contribution in [0.25, 0.3) is 0 Å². The van der Waals surface area contributed by atoms with Gasteiger partial charge in [-0.1, -0.05) is 6.92 Å². The van der Waals surface area contributed by atoms with Crippen molar-refractivity contribution in [3.05, 3.63) is 0 Å². The number of rotatable bonds is 8. The highest BCUT2D eigenvalue weighted by Gasteiger charge is 2.08. The van der Waals surface area contributed by atoms with Crippen molar-refractivity contribution < 1.29 is 14.3 Å². The second-order valence-corrected chi connectivity index (χ2v) is 3.42. The Morgan fingerprint density at radius 3 is 2.63 bits per heavy atom. The number of hydrogen-bond acceptors (Lipinski definition) is 9. The summed E-state index contributed by atoms with van der Waals surface area (Å²) < 4.78 is 10.0. The van der Waals surface area contributed by atoms with Crippen molar-refractivity contribution in [2.24, 2.45) is 5.84 Å². The van der Waals surface area contributed by atoms with E-state index in [0.29, 0.717) is 13.2 Å². The molecule has 1 rings (SSSR count). The maximum atomic E-state index is 11.2. The fourth-order valence-electron chi connectivity index (χ4n) is 1.12. The van der Waals surface area contributed by atoms with Gasteiger partial charge < -0.3 is 14.8 Å². The van der Waals surface area contributed by atoms with Crippen LogP contribution in [0, 0.1) is 0 Å². The van der Waals surface area contributed by atoms with Crippen LogP contribution in [-0.4, -0.2) is 40.7 Å². The van der Waals surface area contributed by atoms with Gasteiger partial charge in [0.05, 0.1) is 13.2 Å². The molecule has 0 amide bonds. The number of carbonyl (C=O) groups is 1. The van der Waals surface area contributed by atoms with E-state index in [9.17, 15) is 4.79 Å². The fourth-order valence-corrected chi connectivity index (χ4v) is 1.12. The highest BCUT2D eigenvalue weighted by molar-refractivity contribution is 5.74. The average molecular weight is 270 g/mol. The molecular weight excluding hydrogens is 252 g/mol. The van der Waals surface area contributed by atoms with Crippen LogP contribution in [0.3, 0.4) is 0 Å². The van der Waals surface area contributed by atoms with Crippen molar-refractivity contribution in [2.75, 3.05) is 30.5 Å². The largest absolute Gasteiger partial charge is 0.465 e. The van der Waals surface area contributed by atoms with Gasteiger partial charge in [-0.15, -0.1) is 0 Å². The van der Waals surface area contributed by atoms with Gasteiger partial charge in [-0.2, -0.15) is 15.0 Å². The first-order valence-corrected chi connectivity index (χ1v) is 5.94. The molecule has 9 nitrogen and oxygen atoms in total. The lowest BCUT2D eigenvalue weighted by atomic mass is 10.5. The number of anilines is 2. The van der Waals surface area contributed by atoms with Gasteiger partial charge in [0.1, 0.15) is 6.54 Å². The molecule has 0 saturated heterocycles. The van der Waals surface area contributed by atoms with Crippen LogP contribution in [-0.2, 0) is 9.53 Å². The van der Waals surface area contributed by atoms with Gasteiger partial charge in [0.2, 0.25) is 11.9 Å². The molecule has 0 bridgehead atoms. The molecule has 1 aromatic rings. The normalized spacial score (nSPS) is 9.84. The summed E-state index contributed by atoms with van der Waals surface area (Å²) in [6, 6.07) is 0.135. The van der Waals surface area contributed by atoms with E-state index in [1.807, 2.05) is 6.92 Å². The Morgan fingerprint density at radius 1 is 1.26 bits per heavy atom. The first-order valence-electron chi connectivity index (χ1n) is 5.94. The molecule has 4 N–H and O–H groups in total. The number of ether oxygens (including phenoxy) is 2. The first kappa shape index (κ1) is 14.9. The van der Waals surface area contributed by atoms with E-state index in [4.69, 9.17) is 15.3 Å². The number of hydrogen-bond donors (Lipinski definition) is 3. The highest BCUT2D eigenvalue weighted by atomic mass is 16.5. The van der Waals surface area contributed by atoms with Gasteiger partial charge in [-0.3, -0.25) is 10.2 Å². The number of nitrogens with one attached hydrogen (secondary N) is 2. The van der Waals surface area contributed by atoms with E-state index in [-0.39, 0.29) is 24.5 Å². The molecule has 0 aromatic carbocycles. The fraction of sp³-hybridized carbons (Fsp3) is 0.600.